The molecular formula is C94H84BN3O6P4. The van der Waals surface area contributed by atoms with Gasteiger partial charge in [-0.05, 0) is 152 Å². The molecule has 0 aliphatic rings. The zero-order valence-electron chi connectivity index (χ0n) is 60.9. The molecule has 108 heavy (non-hydrogen) atoms. The third-order valence-electron chi connectivity index (χ3n) is 16.7. The minimum atomic E-state index is -1.62. The second-order valence-electron chi connectivity index (χ2n) is 24.2. The van der Waals surface area contributed by atoms with Crippen LogP contribution in [0.3, 0.4) is 0 Å². The molecule has 0 radical (unpaired) electrons. The van der Waals surface area contributed by atoms with Crippen LogP contribution in [0.2, 0.25) is 0 Å². The van der Waals surface area contributed by atoms with E-state index in [0.717, 1.165) is 22.5 Å². The fourth-order valence-electron chi connectivity index (χ4n) is 11.5. The SMILES string of the molecule is COC(=O)c1cnc(-c2ccnc(C)c2)cc1C.COC(=O)c1cnc(B(O)O)cc1C.c1ccc(P(c2ccccc2)c2ccccc2)cc1.c1ccc(P(c2ccccc2)c2ccccc2)cc1.c1ccc(P(c2ccccc2)c2ccccc2)cc1.c1ccc(P(c2ccccc2)c2ccccc2)cc1. The summed E-state index contributed by atoms with van der Waals surface area (Å²) in [6.45, 7) is 5.46. The first kappa shape index (κ1) is 79.3. The molecule has 0 bridgehead atoms. The summed E-state index contributed by atoms with van der Waals surface area (Å²) in [5.74, 6) is -0.855. The van der Waals surface area contributed by atoms with E-state index in [4.69, 9.17) is 14.8 Å². The quantitative estimate of drug-likeness (QED) is 0.0551. The summed E-state index contributed by atoms with van der Waals surface area (Å²) in [7, 11) is -0.771. The number of nitrogens with zero attached hydrogens (tertiary/aromatic N) is 3. The van der Waals surface area contributed by atoms with Gasteiger partial charge in [-0.3, -0.25) is 15.0 Å². The van der Waals surface area contributed by atoms with Crippen molar-refractivity contribution in [3.05, 3.63) is 435 Å². The Morgan fingerprint density at radius 2 is 0.500 bits per heavy atom. The van der Waals surface area contributed by atoms with Crippen molar-refractivity contribution in [2.24, 2.45) is 0 Å². The average molecular weight is 1490 g/mol. The van der Waals surface area contributed by atoms with E-state index < -0.39 is 44.8 Å². The first-order valence-electron chi connectivity index (χ1n) is 35.2. The summed E-state index contributed by atoms with van der Waals surface area (Å²) in [4.78, 5) is 34.7. The van der Waals surface area contributed by atoms with Crippen LogP contribution in [0.1, 0.15) is 37.5 Å². The molecule has 0 aliphatic heterocycles. The van der Waals surface area contributed by atoms with Gasteiger partial charge in [-0.15, -0.1) is 0 Å². The maximum Gasteiger partial charge on any atom is 0.508 e. The Kier molecular flexibility index (Phi) is 31.4. The third kappa shape index (κ3) is 23.4. The first-order chi connectivity index (χ1) is 53.0. The van der Waals surface area contributed by atoms with Gasteiger partial charge < -0.3 is 19.5 Å². The van der Waals surface area contributed by atoms with Crippen LogP contribution in [0, 0.1) is 20.8 Å². The van der Waals surface area contributed by atoms with Gasteiger partial charge in [-0.2, -0.15) is 0 Å². The molecule has 0 aliphatic carbocycles. The lowest BCUT2D eigenvalue weighted by Gasteiger charge is -2.18. The highest BCUT2D eigenvalue weighted by atomic mass is 31.1. The van der Waals surface area contributed by atoms with E-state index in [-0.39, 0.29) is 11.6 Å². The molecule has 0 spiro atoms. The zero-order valence-corrected chi connectivity index (χ0v) is 64.5. The number of carbonyl (C=O) groups is 2. The molecule has 3 heterocycles. The van der Waals surface area contributed by atoms with Crippen LogP contribution in [0.15, 0.2) is 407 Å². The van der Waals surface area contributed by atoms with E-state index in [9.17, 15) is 9.59 Å². The van der Waals surface area contributed by atoms with Gasteiger partial charge in [-0.1, -0.05) is 364 Å². The Morgan fingerprint density at radius 1 is 0.287 bits per heavy atom. The summed E-state index contributed by atoms with van der Waals surface area (Å²) in [6.07, 6.45) is 4.55. The summed E-state index contributed by atoms with van der Waals surface area (Å²) < 4.78 is 9.21. The van der Waals surface area contributed by atoms with E-state index in [2.05, 4.69) is 384 Å². The van der Waals surface area contributed by atoms with Gasteiger partial charge in [0.05, 0.1) is 36.6 Å². The highest BCUT2D eigenvalue weighted by Crippen LogP contribution is 2.36. The van der Waals surface area contributed by atoms with Crippen LogP contribution in [0.25, 0.3) is 11.3 Å². The van der Waals surface area contributed by atoms with E-state index in [0.29, 0.717) is 16.7 Å². The van der Waals surface area contributed by atoms with Crippen LogP contribution in [-0.2, 0) is 9.47 Å². The van der Waals surface area contributed by atoms with Crippen LogP contribution in [0.5, 0.6) is 0 Å². The van der Waals surface area contributed by atoms with Crippen molar-refractivity contribution in [3.8, 4) is 11.3 Å². The van der Waals surface area contributed by atoms with Crippen LogP contribution < -0.4 is 69.2 Å². The number of hydrogen-bond donors (Lipinski definition) is 2. The van der Waals surface area contributed by atoms with Crippen LogP contribution in [-0.4, -0.2) is 58.3 Å². The number of ether oxygens (including phenoxy) is 2. The van der Waals surface area contributed by atoms with E-state index in [1.54, 1.807) is 19.3 Å². The average Bonchev–Trinajstić information content (AvgIpc) is 0.840. The molecule has 0 atom stereocenters. The number of pyridine rings is 3. The number of aromatic nitrogens is 3. The Bertz CT molecular complexity index is 4260. The first-order valence-corrected chi connectivity index (χ1v) is 40.5. The minimum Gasteiger partial charge on any atom is -0.465 e. The van der Waals surface area contributed by atoms with Crippen LogP contribution >= 0.6 is 31.7 Å². The number of methoxy groups -OCH3 is 2. The molecule has 0 saturated carbocycles. The van der Waals surface area contributed by atoms with Gasteiger partial charge >= 0.3 is 19.1 Å². The number of benzene rings is 12. The molecule has 0 saturated heterocycles. The predicted octanol–water partition coefficient (Wildman–Crippen LogP) is 15.2. The van der Waals surface area contributed by atoms with Crippen molar-refractivity contribution >= 4 is 120 Å². The molecular weight excluding hydrogens is 1400 g/mol. The normalized spacial score (nSPS) is 10.4. The Labute approximate surface area is 641 Å². The molecule has 0 unspecified atom stereocenters. The molecule has 15 aromatic rings. The number of carbonyl (C=O) groups excluding carboxylic acids is 2. The van der Waals surface area contributed by atoms with Crippen molar-refractivity contribution in [1.29, 1.82) is 0 Å². The lowest BCUT2D eigenvalue weighted by atomic mass is 9.84. The molecule has 0 fully saturated rings. The standard InChI is InChI=1S/4C18H15P.C14H14N2O2.C8H10BNO4/c4*1-4-10-16(11-5-1)19(17-12-6-2-7-13-17)18-14-8-3-9-15-18;1-9-6-13(11-4-5-15-10(2)7-11)16-8-12(9)14(17)18-3;1-5-3-7(9(12)13)10-4-6(5)8(11)14-2/h4*1-15H;4-8H,1-3H3;3-4,12-13H,1-2H3. The minimum absolute atomic E-state index is 0.107. The second kappa shape index (κ2) is 42.8. The van der Waals surface area contributed by atoms with Gasteiger partial charge in [0.2, 0.25) is 0 Å². The molecule has 534 valence electrons. The highest BCUT2D eigenvalue weighted by Gasteiger charge is 2.21. The Balaban J connectivity index is 0.000000139. The van der Waals surface area contributed by atoms with Gasteiger partial charge in [0.1, 0.15) is 0 Å². The highest BCUT2D eigenvalue weighted by molar-refractivity contribution is 7.81. The topological polar surface area (TPSA) is 132 Å². The van der Waals surface area contributed by atoms with Gasteiger partial charge in [0, 0.05) is 29.8 Å². The van der Waals surface area contributed by atoms with Crippen molar-refractivity contribution in [3.63, 3.8) is 0 Å². The maximum absolute atomic E-state index is 11.5. The Morgan fingerprint density at radius 3 is 0.685 bits per heavy atom. The van der Waals surface area contributed by atoms with E-state index in [1.807, 2.05) is 32.0 Å². The fraction of sp³-hybridized carbons (Fsp3) is 0.0532. The van der Waals surface area contributed by atoms with Gasteiger partial charge in [0.25, 0.3) is 0 Å². The molecule has 12 aromatic carbocycles. The lowest BCUT2D eigenvalue weighted by molar-refractivity contribution is 0.0590. The largest absolute Gasteiger partial charge is 0.508 e. The fourth-order valence-corrected chi connectivity index (χ4v) is 20.7. The maximum atomic E-state index is 11.5. The smallest absolute Gasteiger partial charge is 0.465 e. The lowest BCUT2D eigenvalue weighted by Crippen LogP contribution is -2.33. The van der Waals surface area contributed by atoms with Crippen molar-refractivity contribution in [2.45, 2.75) is 20.8 Å². The van der Waals surface area contributed by atoms with Crippen molar-refractivity contribution in [1.82, 2.24) is 15.0 Å². The van der Waals surface area contributed by atoms with Gasteiger partial charge in [-0.25, -0.2) is 9.59 Å². The van der Waals surface area contributed by atoms with Crippen molar-refractivity contribution in [2.75, 3.05) is 14.2 Å². The number of hydrogen-bond acceptors (Lipinski definition) is 9. The second-order valence-corrected chi connectivity index (χ2v) is 33.1. The van der Waals surface area contributed by atoms with E-state index >= 15 is 0 Å². The zero-order chi connectivity index (χ0) is 75.5. The van der Waals surface area contributed by atoms with Crippen LogP contribution in [0.4, 0.5) is 0 Å². The van der Waals surface area contributed by atoms with E-state index in [1.165, 1.54) is 90.1 Å². The summed E-state index contributed by atoms with van der Waals surface area (Å²) in [5.41, 5.74) is 5.10. The molecule has 2 N–H and O–H groups in total. The van der Waals surface area contributed by atoms with Crippen molar-refractivity contribution < 1.29 is 29.1 Å². The third-order valence-corrected chi connectivity index (χ3v) is 26.5. The Hall–Kier alpha value is -11.3. The van der Waals surface area contributed by atoms with Gasteiger partial charge in [0.15, 0.2) is 0 Å². The monoisotopic (exact) mass is 1490 g/mol. The summed E-state index contributed by atoms with van der Waals surface area (Å²) >= 11 is 0. The molecule has 0 amide bonds. The number of rotatable bonds is 16. The molecule has 14 heteroatoms. The number of esters is 2. The molecule has 3 aromatic heterocycles. The molecule has 9 nitrogen and oxygen atoms in total. The summed E-state index contributed by atoms with van der Waals surface area (Å²) in [5, 5.41) is 34.4. The number of aryl methyl sites for hydroxylation is 3. The summed E-state index contributed by atoms with van der Waals surface area (Å²) in [6, 6.07) is 136. The molecule has 15 rings (SSSR count). The predicted molar refractivity (Wildman–Crippen MR) is 459 cm³/mol.